The van der Waals surface area contributed by atoms with Crippen LogP contribution in [0.25, 0.3) is 0 Å². The molecule has 2 rings (SSSR count). The average molecular weight is 276 g/mol. The number of amides is 1. The number of hydrogen-bond donors (Lipinski definition) is 2. The molecule has 2 aromatic rings. The summed E-state index contributed by atoms with van der Waals surface area (Å²) >= 11 is 0. The zero-order valence-corrected chi connectivity index (χ0v) is 11.1. The Balaban J connectivity index is 2.38. The van der Waals surface area contributed by atoms with Crippen LogP contribution in [0.4, 0.5) is 20.2 Å². The second kappa shape index (κ2) is 5.28. The van der Waals surface area contributed by atoms with E-state index in [-0.39, 0.29) is 0 Å². The monoisotopic (exact) mass is 276 g/mol. The van der Waals surface area contributed by atoms with Gasteiger partial charge >= 0.3 is 0 Å². The number of anilines is 2. The highest BCUT2D eigenvalue weighted by atomic mass is 19.1. The number of nitrogens with one attached hydrogen (secondary N) is 1. The Morgan fingerprint density at radius 1 is 1.10 bits per heavy atom. The van der Waals surface area contributed by atoms with Crippen LogP contribution in [0.1, 0.15) is 21.5 Å². The lowest BCUT2D eigenvalue weighted by Crippen LogP contribution is -2.17. The minimum atomic E-state index is -0.895. The maximum Gasteiger partial charge on any atom is 0.261 e. The quantitative estimate of drug-likeness (QED) is 0.826. The van der Waals surface area contributed by atoms with Crippen molar-refractivity contribution in [1.29, 1.82) is 0 Å². The van der Waals surface area contributed by atoms with Crippen molar-refractivity contribution < 1.29 is 13.6 Å². The number of hydrogen-bond acceptors (Lipinski definition) is 2. The van der Waals surface area contributed by atoms with Crippen molar-refractivity contribution >= 4 is 17.3 Å². The minimum Gasteiger partial charge on any atom is -0.399 e. The normalized spacial score (nSPS) is 10.4. The van der Waals surface area contributed by atoms with Gasteiger partial charge in [0.1, 0.15) is 17.2 Å². The number of nitrogen functional groups attached to an aromatic ring is 1. The van der Waals surface area contributed by atoms with Gasteiger partial charge in [0.25, 0.3) is 5.91 Å². The summed E-state index contributed by atoms with van der Waals surface area (Å²) < 4.78 is 27.1. The van der Waals surface area contributed by atoms with Gasteiger partial charge in [0.05, 0.1) is 0 Å². The van der Waals surface area contributed by atoms with Crippen molar-refractivity contribution in [2.24, 2.45) is 0 Å². The van der Waals surface area contributed by atoms with E-state index in [9.17, 15) is 13.6 Å². The van der Waals surface area contributed by atoms with Crippen LogP contribution in [-0.2, 0) is 0 Å². The van der Waals surface area contributed by atoms with E-state index in [1.807, 2.05) is 0 Å². The molecule has 0 radical (unpaired) electrons. The molecule has 0 unspecified atom stereocenters. The molecule has 1 amide bonds. The predicted octanol–water partition coefficient (Wildman–Crippen LogP) is 3.42. The fourth-order valence-corrected chi connectivity index (χ4v) is 2.08. The molecular formula is C15H14F2N2O. The molecule has 0 aliphatic heterocycles. The molecule has 0 aliphatic carbocycles. The summed E-state index contributed by atoms with van der Waals surface area (Å²) in [6, 6.07) is 6.66. The van der Waals surface area contributed by atoms with Gasteiger partial charge in [-0.1, -0.05) is 6.07 Å². The molecular weight excluding hydrogens is 262 g/mol. The number of halogens is 2. The molecule has 0 saturated heterocycles. The van der Waals surface area contributed by atoms with Gasteiger partial charge in [-0.05, 0) is 49.2 Å². The highest BCUT2D eigenvalue weighted by molar-refractivity contribution is 6.05. The summed E-state index contributed by atoms with van der Waals surface area (Å²) in [6.07, 6.45) is 0. The van der Waals surface area contributed by atoms with Gasteiger partial charge < -0.3 is 11.1 Å². The Labute approximate surface area is 115 Å². The Morgan fingerprint density at radius 3 is 2.10 bits per heavy atom. The standard InChI is InChI=1S/C15H14F2N2O/c1-8-6-10(18)7-9(2)14(8)19-15(20)13-11(16)4-3-5-12(13)17/h3-7H,18H2,1-2H3,(H,19,20). The van der Waals surface area contributed by atoms with Crippen LogP contribution < -0.4 is 11.1 Å². The van der Waals surface area contributed by atoms with Crippen LogP contribution in [0.2, 0.25) is 0 Å². The third kappa shape index (κ3) is 2.61. The average Bonchev–Trinajstić information content (AvgIpc) is 2.33. The molecule has 0 atom stereocenters. The molecule has 104 valence electrons. The van der Waals surface area contributed by atoms with E-state index in [0.717, 1.165) is 23.3 Å². The zero-order chi connectivity index (χ0) is 14.9. The zero-order valence-electron chi connectivity index (χ0n) is 11.1. The number of carbonyl (C=O) groups excluding carboxylic acids is 1. The number of nitrogens with two attached hydrogens (primary N) is 1. The fourth-order valence-electron chi connectivity index (χ4n) is 2.08. The van der Waals surface area contributed by atoms with Crippen molar-refractivity contribution in [3.8, 4) is 0 Å². The Kier molecular flexibility index (Phi) is 3.70. The van der Waals surface area contributed by atoms with Gasteiger partial charge in [-0.3, -0.25) is 4.79 Å². The molecule has 0 aromatic heterocycles. The summed E-state index contributed by atoms with van der Waals surface area (Å²) in [5.74, 6) is -2.61. The highest BCUT2D eigenvalue weighted by Crippen LogP contribution is 2.24. The van der Waals surface area contributed by atoms with Gasteiger partial charge in [0, 0.05) is 11.4 Å². The molecule has 0 heterocycles. The van der Waals surface area contributed by atoms with Crippen LogP contribution in [-0.4, -0.2) is 5.91 Å². The lowest BCUT2D eigenvalue weighted by atomic mass is 10.1. The molecule has 5 heteroatoms. The summed E-state index contributed by atoms with van der Waals surface area (Å²) in [7, 11) is 0. The maximum atomic E-state index is 13.5. The SMILES string of the molecule is Cc1cc(N)cc(C)c1NC(=O)c1c(F)cccc1F. The lowest BCUT2D eigenvalue weighted by molar-refractivity contribution is 0.101. The molecule has 0 bridgehead atoms. The van der Waals surface area contributed by atoms with Crippen LogP contribution in [0.5, 0.6) is 0 Å². The number of rotatable bonds is 2. The summed E-state index contributed by atoms with van der Waals surface area (Å²) in [5, 5.41) is 2.53. The summed E-state index contributed by atoms with van der Waals surface area (Å²) in [5.41, 5.74) is 7.62. The first-order valence-electron chi connectivity index (χ1n) is 6.02. The van der Waals surface area contributed by atoms with Gasteiger partial charge in [-0.15, -0.1) is 0 Å². The largest absolute Gasteiger partial charge is 0.399 e. The maximum absolute atomic E-state index is 13.5. The fraction of sp³-hybridized carbons (Fsp3) is 0.133. The number of aryl methyl sites for hydroxylation is 2. The van der Waals surface area contributed by atoms with Crippen molar-refractivity contribution in [3.63, 3.8) is 0 Å². The minimum absolute atomic E-state index is 0.506. The third-order valence-electron chi connectivity index (χ3n) is 2.98. The summed E-state index contributed by atoms with van der Waals surface area (Å²) in [4.78, 5) is 12.0. The van der Waals surface area contributed by atoms with E-state index in [4.69, 9.17) is 5.73 Å². The Morgan fingerprint density at radius 2 is 1.60 bits per heavy atom. The highest BCUT2D eigenvalue weighted by Gasteiger charge is 2.18. The van der Waals surface area contributed by atoms with E-state index in [0.29, 0.717) is 11.4 Å². The lowest BCUT2D eigenvalue weighted by Gasteiger charge is -2.13. The van der Waals surface area contributed by atoms with Gasteiger partial charge in [-0.2, -0.15) is 0 Å². The molecule has 2 aromatic carbocycles. The van der Waals surface area contributed by atoms with Gasteiger partial charge in [0.2, 0.25) is 0 Å². The molecule has 3 N–H and O–H groups in total. The Bertz CT molecular complexity index is 640. The second-order valence-corrected chi connectivity index (χ2v) is 4.58. The summed E-state index contributed by atoms with van der Waals surface area (Å²) in [6.45, 7) is 3.52. The van der Waals surface area contributed by atoms with Crippen molar-refractivity contribution in [2.45, 2.75) is 13.8 Å². The molecule has 3 nitrogen and oxygen atoms in total. The topological polar surface area (TPSA) is 55.1 Å². The van der Waals surface area contributed by atoms with Crippen LogP contribution >= 0.6 is 0 Å². The van der Waals surface area contributed by atoms with Crippen molar-refractivity contribution in [2.75, 3.05) is 11.1 Å². The van der Waals surface area contributed by atoms with E-state index in [2.05, 4.69) is 5.32 Å². The predicted molar refractivity (Wildman–Crippen MR) is 74.6 cm³/mol. The smallest absolute Gasteiger partial charge is 0.261 e. The molecule has 0 aliphatic rings. The van der Waals surface area contributed by atoms with Crippen LogP contribution in [0.3, 0.4) is 0 Å². The molecule has 0 fully saturated rings. The van der Waals surface area contributed by atoms with E-state index < -0.39 is 23.1 Å². The Hall–Kier alpha value is -2.43. The van der Waals surface area contributed by atoms with Crippen molar-refractivity contribution in [1.82, 2.24) is 0 Å². The third-order valence-corrected chi connectivity index (χ3v) is 2.98. The van der Waals surface area contributed by atoms with Crippen LogP contribution in [0, 0.1) is 25.5 Å². The van der Waals surface area contributed by atoms with E-state index >= 15 is 0 Å². The second-order valence-electron chi connectivity index (χ2n) is 4.58. The van der Waals surface area contributed by atoms with E-state index in [1.54, 1.807) is 26.0 Å². The van der Waals surface area contributed by atoms with Gasteiger partial charge in [-0.25, -0.2) is 8.78 Å². The first-order chi connectivity index (χ1) is 9.40. The van der Waals surface area contributed by atoms with Crippen LogP contribution in [0.15, 0.2) is 30.3 Å². The van der Waals surface area contributed by atoms with Crippen molar-refractivity contribution in [3.05, 3.63) is 58.7 Å². The molecule has 20 heavy (non-hydrogen) atoms. The van der Waals surface area contributed by atoms with E-state index in [1.165, 1.54) is 6.07 Å². The molecule has 0 saturated carbocycles. The first-order valence-corrected chi connectivity index (χ1v) is 6.02. The molecule has 0 spiro atoms. The number of benzene rings is 2. The van der Waals surface area contributed by atoms with Gasteiger partial charge in [0.15, 0.2) is 0 Å². The number of carbonyl (C=O) groups is 1. The first kappa shape index (κ1) is 14.0.